The summed E-state index contributed by atoms with van der Waals surface area (Å²) in [7, 11) is 0. The number of hydrogen-bond donors (Lipinski definition) is 0. The van der Waals surface area contributed by atoms with Crippen molar-refractivity contribution in [2.45, 2.75) is 88.7 Å². The Morgan fingerprint density at radius 3 is 1.88 bits per heavy atom. The number of fused-ring (bicyclic) bond motifs is 1. The summed E-state index contributed by atoms with van der Waals surface area (Å²) < 4.78 is 102. The Labute approximate surface area is 234 Å². The van der Waals surface area contributed by atoms with Crippen molar-refractivity contribution in [3.8, 4) is 0 Å². The maximum Gasteiger partial charge on any atom is 0.527 e. The van der Waals surface area contributed by atoms with Crippen LogP contribution in [0.1, 0.15) is 85.5 Å². The zero-order valence-electron chi connectivity index (χ0n) is 22.8. The molecule has 2 saturated carbocycles. The molecule has 0 N–H and O–H groups in total. The molecule has 222 valence electrons. The van der Waals surface area contributed by atoms with Gasteiger partial charge in [0.2, 0.25) is 0 Å². The topological polar surface area (TPSA) is 18.5 Å². The van der Waals surface area contributed by atoms with Crippen LogP contribution in [-0.4, -0.2) is 19.1 Å². The van der Waals surface area contributed by atoms with Gasteiger partial charge in [-0.3, -0.25) is 0 Å². The van der Waals surface area contributed by atoms with Crippen molar-refractivity contribution in [1.29, 1.82) is 0 Å². The fourth-order valence-corrected chi connectivity index (χ4v) is 6.44. The van der Waals surface area contributed by atoms with Crippen LogP contribution in [-0.2, 0) is 15.6 Å². The predicted molar refractivity (Wildman–Crippen MR) is 142 cm³/mol. The third-order valence-electron chi connectivity index (χ3n) is 8.65. The molecule has 0 radical (unpaired) electrons. The summed E-state index contributed by atoms with van der Waals surface area (Å²) in [4.78, 5) is 0. The second-order valence-electron chi connectivity index (χ2n) is 11.6. The van der Waals surface area contributed by atoms with E-state index >= 15 is 0 Å². The van der Waals surface area contributed by atoms with Crippen LogP contribution in [0, 0.1) is 24.5 Å². The summed E-state index contributed by atoms with van der Waals surface area (Å²) in [5.74, 6) is -2.81. The van der Waals surface area contributed by atoms with Crippen LogP contribution < -0.4 is 0 Å². The molecule has 9 heteroatoms. The van der Waals surface area contributed by atoms with E-state index in [-0.39, 0.29) is 17.6 Å². The Kier molecular flexibility index (Phi) is 8.67. The van der Waals surface area contributed by atoms with Gasteiger partial charge in [-0.05, 0) is 110 Å². The summed E-state index contributed by atoms with van der Waals surface area (Å²) in [5, 5.41) is 2.53. The normalized spacial score (nSPS) is 24.1. The number of halogens is 7. The molecule has 0 spiro atoms. The average Bonchev–Trinajstić information content (AvgIpc) is 2.90. The first-order valence-electron chi connectivity index (χ1n) is 14.1. The van der Waals surface area contributed by atoms with Gasteiger partial charge in [-0.15, -0.1) is 13.2 Å². The average molecular weight is 583 g/mol. The lowest BCUT2D eigenvalue weighted by atomic mass is 9.78. The Morgan fingerprint density at radius 1 is 0.683 bits per heavy atom. The molecule has 0 bridgehead atoms. The zero-order valence-corrected chi connectivity index (χ0v) is 22.8. The van der Waals surface area contributed by atoms with E-state index in [0.717, 1.165) is 25.7 Å². The van der Waals surface area contributed by atoms with Crippen LogP contribution in [0.25, 0.3) is 10.8 Å². The summed E-state index contributed by atoms with van der Waals surface area (Å²) in [6.45, 7) is 2.75. The van der Waals surface area contributed by atoms with Crippen LogP contribution >= 0.6 is 0 Å². The SMILES string of the molecule is Cc1ccc2cc(C3CCC(COC4CCC(c5cc(F)c(C(F)(F)OC(F)(F)F)c(F)c5)CC4)CC3)ccc2c1. The molecule has 41 heavy (non-hydrogen) atoms. The van der Waals surface area contributed by atoms with Crippen LogP contribution in [0.4, 0.5) is 30.7 Å². The zero-order chi connectivity index (χ0) is 29.4. The molecule has 0 amide bonds. The number of rotatable bonds is 7. The third kappa shape index (κ3) is 7.23. The van der Waals surface area contributed by atoms with Gasteiger partial charge in [0.15, 0.2) is 0 Å². The molecule has 0 aromatic heterocycles. The van der Waals surface area contributed by atoms with E-state index in [4.69, 9.17) is 4.74 Å². The molecule has 2 aliphatic rings. The number of aryl methyl sites for hydroxylation is 1. The molecule has 2 nitrogen and oxygen atoms in total. The summed E-state index contributed by atoms with van der Waals surface area (Å²) in [6.07, 6.45) is -4.18. The molecule has 0 unspecified atom stereocenters. The molecule has 0 atom stereocenters. The van der Waals surface area contributed by atoms with Gasteiger partial charge >= 0.3 is 12.5 Å². The fourth-order valence-electron chi connectivity index (χ4n) is 6.44. The Balaban J connectivity index is 1.09. The van der Waals surface area contributed by atoms with E-state index in [2.05, 4.69) is 48.1 Å². The molecular formula is C32H33F7O2. The molecule has 3 aromatic carbocycles. The van der Waals surface area contributed by atoms with Gasteiger partial charge in [0.1, 0.15) is 17.2 Å². The highest BCUT2D eigenvalue weighted by Gasteiger charge is 2.49. The van der Waals surface area contributed by atoms with Crippen molar-refractivity contribution in [3.05, 3.63) is 82.4 Å². The van der Waals surface area contributed by atoms with Gasteiger partial charge in [-0.1, -0.05) is 42.0 Å². The van der Waals surface area contributed by atoms with Gasteiger partial charge in [-0.25, -0.2) is 13.5 Å². The smallest absolute Gasteiger partial charge is 0.378 e. The highest BCUT2D eigenvalue weighted by atomic mass is 19.4. The van der Waals surface area contributed by atoms with Crippen LogP contribution in [0.3, 0.4) is 0 Å². The lowest BCUT2D eigenvalue weighted by Crippen LogP contribution is -2.30. The number of ether oxygens (including phenoxy) is 2. The lowest BCUT2D eigenvalue weighted by molar-refractivity contribution is -0.432. The molecule has 0 saturated heterocycles. The van der Waals surface area contributed by atoms with Crippen molar-refractivity contribution < 1.29 is 40.2 Å². The van der Waals surface area contributed by atoms with Gasteiger partial charge in [-0.2, -0.15) is 8.78 Å². The molecule has 5 rings (SSSR count). The van der Waals surface area contributed by atoms with Crippen LogP contribution in [0.5, 0.6) is 0 Å². The second-order valence-corrected chi connectivity index (χ2v) is 11.6. The first-order valence-corrected chi connectivity index (χ1v) is 14.1. The summed E-state index contributed by atoms with van der Waals surface area (Å²) in [5.41, 5.74) is 0.742. The van der Waals surface area contributed by atoms with E-state index < -0.39 is 29.7 Å². The summed E-state index contributed by atoms with van der Waals surface area (Å²) >= 11 is 0. The van der Waals surface area contributed by atoms with Crippen molar-refractivity contribution in [3.63, 3.8) is 0 Å². The van der Waals surface area contributed by atoms with Crippen molar-refractivity contribution in [2.24, 2.45) is 5.92 Å². The van der Waals surface area contributed by atoms with Crippen LogP contribution in [0.15, 0.2) is 48.5 Å². The number of benzene rings is 3. The summed E-state index contributed by atoms with van der Waals surface area (Å²) in [6, 6.07) is 14.6. The molecule has 3 aromatic rings. The maximum absolute atomic E-state index is 14.4. The van der Waals surface area contributed by atoms with Crippen molar-refractivity contribution >= 4 is 10.8 Å². The minimum Gasteiger partial charge on any atom is -0.378 e. The number of hydrogen-bond acceptors (Lipinski definition) is 2. The first kappa shape index (κ1) is 29.8. The van der Waals surface area contributed by atoms with Gasteiger partial charge in [0.05, 0.1) is 6.10 Å². The monoisotopic (exact) mass is 582 g/mol. The molecule has 0 aliphatic heterocycles. The fraction of sp³-hybridized carbons (Fsp3) is 0.500. The largest absolute Gasteiger partial charge is 0.527 e. The van der Waals surface area contributed by atoms with E-state index in [1.54, 1.807) is 0 Å². The van der Waals surface area contributed by atoms with E-state index in [0.29, 0.717) is 56.3 Å². The minimum atomic E-state index is -5.75. The third-order valence-corrected chi connectivity index (χ3v) is 8.65. The standard InChI is InChI=1S/C32H33F7O2/c1-19-2-5-25-15-24(9-8-23(25)14-19)21-6-3-20(4-7-21)18-40-27-12-10-22(11-13-27)26-16-28(33)30(29(34)17-26)31(35,36)41-32(37,38)39/h2,5,8-9,14-17,20-22,27H,3-4,6-7,10-13,18H2,1H3. The van der Waals surface area contributed by atoms with Crippen molar-refractivity contribution in [2.75, 3.05) is 6.61 Å². The second kappa shape index (κ2) is 11.9. The maximum atomic E-state index is 14.4. The van der Waals surface area contributed by atoms with E-state index in [9.17, 15) is 30.7 Å². The minimum absolute atomic E-state index is 0.00593. The Bertz CT molecular complexity index is 1330. The van der Waals surface area contributed by atoms with E-state index in [1.165, 1.54) is 21.9 Å². The highest BCUT2D eigenvalue weighted by molar-refractivity contribution is 5.83. The molecular weight excluding hydrogens is 549 g/mol. The quantitative estimate of drug-likeness (QED) is 0.258. The number of alkyl halides is 5. The predicted octanol–water partition coefficient (Wildman–Crippen LogP) is 10.0. The van der Waals surface area contributed by atoms with E-state index in [1.807, 2.05) is 0 Å². The lowest BCUT2D eigenvalue weighted by Gasteiger charge is -2.32. The van der Waals surface area contributed by atoms with Gasteiger partial charge < -0.3 is 4.74 Å². The Hall–Kier alpha value is -2.65. The first-order chi connectivity index (χ1) is 19.4. The molecule has 2 fully saturated rings. The van der Waals surface area contributed by atoms with Crippen LogP contribution in [0.2, 0.25) is 0 Å². The molecule has 0 heterocycles. The highest BCUT2D eigenvalue weighted by Crippen LogP contribution is 2.42. The van der Waals surface area contributed by atoms with Crippen molar-refractivity contribution in [1.82, 2.24) is 0 Å². The molecule has 2 aliphatic carbocycles. The Morgan fingerprint density at radius 2 is 1.24 bits per heavy atom. The van der Waals surface area contributed by atoms with Gasteiger partial charge in [0, 0.05) is 6.61 Å². The van der Waals surface area contributed by atoms with Gasteiger partial charge in [0.25, 0.3) is 0 Å².